The van der Waals surface area contributed by atoms with Crippen molar-refractivity contribution in [2.45, 2.75) is 70.5 Å². The molecule has 2 fully saturated rings. The Morgan fingerprint density at radius 1 is 1.33 bits per heavy atom. The second-order valence-electron chi connectivity index (χ2n) is 7.46. The number of aryl methyl sites for hydroxylation is 2. The second kappa shape index (κ2) is 5.40. The summed E-state index contributed by atoms with van der Waals surface area (Å²) in [6.07, 6.45) is 6.63. The highest BCUT2D eigenvalue weighted by atomic mass is 15.3. The molecular formula is C17H30N4. The lowest BCUT2D eigenvalue weighted by Crippen LogP contribution is -2.67. The Morgan fingerprint density at radius 2 is 2.05 bits per heavy atom. The summed E-state index contributed by atoms with van der Waals surface area (Å²) < 4.78 is 2.06. The van der Waals surface area contributed by atoms with Crippen molar-refractivity contribution < 1.29 is 0 Å². The number of hydrogen-bond donors (Lipinski definition) is 1. The Hall–Kier alpha value is -0.870. The first kappa shape index (κ1) is 15.0. The topological polar surface area (TPSA) is 33.1 Å². The van der Waals surface area contributed by atoms with E-state index in [1.54, 1.807) is 0 Å². The molecule has 1 N–H and O–H groups in total. The molecule has 1 unspecified atom stereocenters. The fraction of sp³-hybridized carbons (Fsp3) is 0.824. The highest BCUT2D eigenvalue weighted by molar-refractivity contribution is 5.12. The van der Waals surface area contributed by atoms with Gasteiger partial charge in [0.25, 0.3) is 0 Å². The van der Waals surface area contributed by atoms with Gasteiger partial charge < -0.3 is 5.32 Å². The summed E-state index contributed by atoms with van der Waals surface area (Å²) in [6.45, 7) is 10.1. The number of piperazine rings is 1. The van der Waals surface area contributed by atoms with Gasteiger partial charge in [-0.15, -0.1) is 0 Å². The van der Waals surface area contributed by atoms with E-state index in [9.17, 15) is 0 Å². The maximum absolute atomic E-state index is 4.52. The average Bonchev–Trinajstić information content (AvgIpc) is 3.03. The summed E-state index contributed by atoms with van der Waals surface area (Å²) in [6, 6.07) is 2.24. The molecule has 4 nitrogen and oxygen atoms in total. The third kappa shape index (κ3) is 2.76. The molecule has 21 heavy (non-hydrogen) atoms. The fourth-order valence-corrected chi connectivity index (χ4v) is 4.13. The Morgan fingerprint density at radius 3 is 2.62 bits per heavy atom. The van der Waals surface area contributed by atoms with Crippen molar-refractivity contribution in [3.63, 3.8) is 0 Å². The Bertz CT molecular complexity index is 501. The molecule has 1 aromatic rings. The largest absolute Gasteiger partial charge is 0.308 e. The number of nitrogens with zero attached hydrogens (tertiary/aromatic N) is 3. The van der Waals surface area contributed by atoms with Gasteiger partial charge in [-0.25, -0.2) is 0 Å². The molecule has 1 aliphatic heterocycles. The van der Waals surface area contributed by atoms with Gasteiger partial charge in [0, 0.05) is 37.8 Å². The van der Waals surface area contributed by atoms with Crippen molar-refractivity contribution in [2.24, 2.45) is 7.05 Å². The predicted octanol–water partition coefficient (Wildman–Crippen LogP) is 2.62. The molecule has 1 saturated carbocycles. The summed E-state index contributed by atoms with van der Waals surface area (Å²) in [5, 5.41) is 8.37. The number of nitrogens with one attached hydrogen (secondary N) is 1. The molecule has 2 heterocycles. The van der Waals surface area contributed by atoms with Crippen LogP contribution in [0.1, 0.15) is 57.3 Å². The number of aromatic nitrogens is 2. The highest BCUT2D eigenvalue weighted by Crippen LogP contribution is 2.39. The van der Waals surface area contributed by atoms with Crippen LogP contribution in [0.25, 0.3) is 0 Å². The molecular weight excluding hydrogens is 260 g/mol. The summed E-state index contributed by atoms with van der Waals surface area (Å²) in [5.74, 6) is 0. The fourth-order valence-electron chi connectivity index (χ4n) is 4.13. The highest BCUT2D eigenvalue weighted by Gasteiger charge is 2.46. The molecule has 4 heteroatoms. The quantitative estimate of drug-likeness (QED) is 0.929. The molecule has 1 saturated heterocycles. The normalized spacial score (nSPS) is 29.3. The molecule has 3 rings (SSSR count). The van der Waals surface area contributed by atoms with Gasteiger partial charge in [0.15, 0.2) is 0 Å². The van der Waals surface area contributed by atoms with Crippen molar-refractivity contribution in [3.8, 4) is 0 Å². The van der Waals surface area contributed by atoms with Crippen molar-refractivity contribution in [2.75, 3.05) is 13.1 Å². The number of rotatable bonds is 3. The van der Waals surface area contributed by atoms with Gasteiger partial charge in [0.1, 0.15) is 0 Å². The molecule has 0 bridgehead atoms. The lowest BCUT2D eigenvalue weighted by Gasteiger charge is -2.52. The zero-order chi connectivity index (χ0) is 15.1. The van der Waals surface area contributed by atoms with Crippen LogP contribution in [-0.4, -0.2) is 38.8 Å². The van der Waals surface area contributed by atoms with E-state index in [0.29, 0.717) is 5.54 Å². The van der Waals surface area contributed by atoms with E-state index in [4.69, 9.17) is 0 Å². The van der Waals surface area contributed by atoms with Crippen LogP contribution in [0.2, 0.25) is 0 Å². The van der Waals surface area contributed by atoms with Crippen LogP contribution in [-0.2, 0) is 13.6 Å². The lowest BCUT2D eigenvalue weighted by molar-refractivity contribution is 0.00371. The van der Waals surface area contributed by atoms with Gasteiger partial charge in [-0.1, -0.05) is 19.8 Å². The molecule has 118 valence electrons. The lowest BCUT2D eigenvalue weighted by atomic mass is 9.85. The van der Waals surface area contributed by atoms with Crippen LogP contribution in [0.3, 0.4) is 0 Å². The molecule has 1 atom stereocenters. The zero-order valence-corrected chi connectivity index (χ0v) is 14.1. The van der Waals surface area contributed by atoms with Crippen LogP contribution in [0.4, 0.5) is 0 Å². The summed E-state index contributed by atoms with van der Waals surface area (Å²) in [4.78, 5) is 2.76. The van der Waals surface area contributed by atoms with E-state index < -0.39 is 0 Å². The van der Waals surface area contributed by atoms with Crippen molar-refractivity contribution >= 4 is 0 Å². The molecule has 1 aromatic heterocycles. The third-order valence-electron chi connectivity index (χ3n) is 5.82. The van der Waals surface area contributed by atoms with E-state index in [2.05, 4.69) is 53.9 Å². The van der Waals surface area contributed by atoms with Gasteiger partial charge in [-0.05, 0) is 39.2 Å². The van der Waals surface area contributed by atoms with E-state index in [1.807, 2.05) is 0 Å². The summed E-state index contributed by atoms with van der Waals surface area (Å²) in [7, 11) is 2.07. The predicted molar refractivity (Wildman–Crippen MR) is 86.3 cm³/mol. The van der Waals surface area contributed by atoms with Crippen molar-refractivity contribution in [3.05, 3.63) is 17.5 Å². The monoisotopic (exact) mass is 290 g/mol. The van der Waals surface area contributed by atoms with E-state index in [0.717, 1.165) is 25.3 Å². The first-order valence-corrected chi connectivity index (χ1v) is 8.46. The molecule has 1 spiro atoms. The smallest absolute Gasteiger partial charge is 0.0597 e. The molecule has 0 aromatic carbocycles. The average molecular weight is 290 g/mol. The van der Waals surface area contributed by atoms with Crippen LogP contribution < -0.4 is 5.32 Å². The van der Waals surface area contributed by atoms with Gasteiger partial charge in [0.05, 0.1) is 11.4 Å². The van der Waals surface area contributed by atoms with Crippen molar-refractivity contribution in [1.29, 1.82) is 0 Å². The first-order valence-electron chi connectivity index (χ1n) is 8.46. The summed E-state index contributed by atoms with van der Waals surface area (Å²) in [5.41, 5.74) is 3.11. The Balaban J connectivity index is 1.85. The van der Waals surface area contributed by atoms with Gasteiger partial charge in [-0.3, -0.25) is 9.58 Å². The van der Waals surface area contributed by atoms with Crippen molar-refractivity contribution in [1.82, 2.24) is 20.0 Å². The maximum atomic E-state index is 4.52. The minimum Gasteiger partial charge on any atom is -0.308 e. The molecule has 0 radical (unpaired) electrons. The SMILES string of the molecule is CCC1(C)CN(Cc2cc(C)nn2C)C2(CCCC2)CN1. The minimum atomic E-state index is 0.251. The van der Waals surface area contributed by atoms with Gasteiger partial charge in [-0.2, -0.15) is 5.10 Å². The second-order valence-corrected chi connectivity index (χ2v) is 7.46. The number of hydrogen-bond acceptors (Lipinski definition) is 3. The van der Waals surface area contributed by atoms with E-state index in [-0.39, 0.29) is 5.54 Å². The Kier molecular flexibility index (Phi) is 3.87. The standard InChI is InChI=1S/C17H30N4/c1-5-16(3)13-21(11-15-10-14(2)19-20(15)4)17(12-18-16)8-6-7-9-17/h10,18H,5-9,11-13H2,1-4H3. The maximum Gasteiger partial charge on any atom is 0.0597 e. The Labute approximate surface area is 128 Å². The summed E-state index contributed by atoms with van der Waals surface area (Å²) >= 11 is 0. The van der Waals surface area contributed by atoms with Gasteiger partial charge in [0.2, 0.25) is 0 Å². The van der Waals surface area contributed by atoms with E-state index in [1.165, 1.54) is 37.8 Å². The van der Waals surface area contributed by atoms with Crippen LogP contribution in [0.15, 0.2) is 6.07 Å². The molecule has 0 amide bonds. The van der Waals surface area contributed by atoms with E-state index >= 15 is 0 Å². The third-order valence-corrected chi connectivity index (χ3v) is 5.82. The molecule has 2 aliphatic rings. The van der Waals surface area contributed by atoms with Crippen LogP contribution in [0.5, 0.6) is 0 Å². The molecule has 1 aliphatic carbocycles. The first-order chi connectivity index (χ1) is 9.96. The van der Waals surface area contributed by atoms with Gasteiger partial charge >= 0.3 is 0 Å². The van der Waals surface area contributed by atoms with Crippen LogP contribution >= 0.6 is 0 Å². The van der Waals surface area contributed by atoms with Crippen LogP contribution in [0, 0.1) is 6.92 Å². The zero-order valence-electron chi connectivity index (χ0n) is 14.1. The minimum absolute atomic E-state index is 0.251.